The van der Waals surface area contributed by atoms with E-state index in [0.717, 1.165) is 6.42 Å². The van der Waals surface area contributed by atoms with Crippen LogP contribution in [0, 0.1) is 0 Å². The Morgan fingerprint density at radius 3 is 2.91 bits per heavy atom. The number of rotatable bonds is 3. The fourth-order valence-electron chi connectivity index (χ4n) is 1.16. The first kappa shape index (κ1) is 9.02. The minimum absolute atomic E-state index is 0.637. The van der Waals surface area contributed by atoms with Gasteiger partial charge in [-0.2, -0.15) is 0 Å². The molecule has 1 heterocycles. The fourth-order valence-corrected chi connectivity index (χ4v) is 3.48. The van der Waals surface area contributed by atoms with Gasteiger partial charge in [-0.05, 0) is 13.3 Å². The molecule has 0 aromatic carbocycles. The van der Waals surface area contributed by atoms with Crippen molar-refractivity contribution in [3.8, 4) is 0 Å². The van der Waals surface area contributed by atoms with Crippen molar-refractivity contribution in [1.82, 2.24) is 0 Å². The molecule has 0 bridgehead atoms. The molecule has 0 aromatic rings. The second kappa shape index (κ2) is 3.55. The summed E-state index contributed by atoms with van der Waals surface area (Å²) in [6.07, 6.45) is 4.30. The third kappa shape index (κ3) is 2.46. The molecule has 0 fully saturated rings. The average Bonchev–Trinajstić information content (AvgIpc) is 2.28. The third-order valence-corrected chi connectivity index (χ3v) is 4.11. The Morgan fingerprint density at radius 2 is 2.45 bits per heavy atom. The summed E-state index contributed by atoms with van der Waals surface area (Å²) in [7, 11) is -2.24. The van der Waals surface area contributed by atoms with Crippen LogP contribution in [-0.2, 0) is 9.09 Å². The highest BCUT2D eigenvalue weighted by molar-refractivity contribution is 7.59. The van der Waals surface area contributed by atoms with E-state index in [1.165, 1.54) is 5.57 Å². The zero-order valence-corrected chi connectivity index (χ0v) is 8.06. The minimum atomic E-state index is -2.24. The molecule has 11 heavy (non-hydrogen) atoms. The monoisotopic (exact) mass is 174 g/mol. The molecular formula is C8H15O2P. The molecule has 0 amide bonds. The Labute approximate surface area is 68.1 Å². The van der Waals surface area contributed by atoms with E-state index >= 15 is 0 Å². The van der Waals surface area contributed by atoms with Crippen molar-refractivity contribution in [1.29, 1.82) is 0 Å². The summed E-state index contributed by atoms with van der Waals surface area (Å²) in [5, 5.41) is 0. The normalized spacial score (nSPS) is 30.5. The molecule has 1 rings (SSSR count). The van der Waals surface area contributed by atoms with Crippen molar-refractivity contribution in [3.63, 3.8) is 0 Å². The highest BCUT2D eigenvalue weighted by Crippen LogP contribution is 2.52. The van der Waals surface area contributed by atoms with Gasteiger partial charge in [-0.1, -0.05) is 18.6 Å². The van der Waals surface area contributed by atoms with Crippen molar-refractivity contribution >= 4 is 7.37 Å². The number of hydrogen-bond donors (Lipinski definition) is 0. The van der Waals surface area contributed by atoms with Gasteiger partial charge in [-0.25, -0.2) is 0 Å². The SMILES string of the molecule is CCCO[P@]1(=O)CC=C(C)C1. The first-order chi connectivity index (χ1) is 5.16. The number of hydrogen-bond acceptors (Lipinski definition) is 2. The molecule has 1 atom stereocenters. The van der Waals surface area contributed by atoms with E-state index in [1.807, 2.05) is 19.9 Å². The minimum Gasteiger partial charge on any atom is -0.328 e. The van der Waals surface area contributed by atoms with Gasteiger partial charge in [0.2, 0.25) is 7.37 Å². The Kier molecular flexibility index (Phi) is 2.91. The highest BCUT2D eigenvalue weighted by atomic mass is 31.2. The van der Waals surface area contributed by atoms with Crippen LogP contribution in [0.25, 0.3) is 0 Å². The Morgan fingerprint density at radius 1 is 1.73 bits per heavy atom. The Balaban J connectivity index is 2.40. The van der Waals surface area contributed by atoms with Crippen LogP contribution in [0.1, 0.15) is 20.3 Å². The van der Waals surface area contributed by atoms with Crippen LogP contribution in [0.3, 0.4) is 0 Å². The van der Waals surface area contributed by atoms with Gasteiger partial charge in [-0.3, -0.25) is 4.57 Å². The van der Waals surface area contributed by atoms with Gasteiger partial charge in [0, 0.05) is 12.3 Å². The summed E-state index contributed by atoms with van der Waals surface area (Å²) in [6, 6.07) is 0. The van der Waals surface area contributed by atoms with Crippen LogP contribution >= 0.6 is 7.37 Å². The molecule has 0 aromatic heterocycles. The summed E-state index contributed by atoms with van der Waals surface area (Å²) in [4.78, 5) is 0. The van der Waals surface area contributed by atoms with Crippen molar-refractivity contribution in [2.24, 2.45) is 0 Å². The van der Waals surface area contributed by atoms with Crippen molar-refractivity contribution < 1.29 is 9.09 Å². The zero-order chi connectivity index (χ0) is 8.32. The first-order valence-corrected chi connectivity index (χ1v) is 6.04. The van der Waals surface area contributed by atoms with E-state index in [0.29, 0.717) is 18.9 Å². The van der Waals surface area contributed by atoms with Crippen LogP contribution in [0.4, 0.5) is 0 Å². The highest BCUT2D eigenvalue weighted by Gasteiger charge is 2.26. The number of allylic oxidation sites excluding steroid dienone is 2. The molecule has 64 valence electrons. The summed E-state index contributed by atoms with van der Waals surface area (Å²) in [5.74, 6) is 0. The molecule has 0 N–H and O–H groups in total. The molecule has 0 radical (unpaired) electrons. The van der Waals surface area contributed by atoms with Gasteiger partial charge in [0.1, 0.15) is 0 Å². The smallest absolute Gasteiger partial charge is 0.210 e. The van der Waals surface area contributed by atoms with Crippen molar-refractivity contribution in [2.45, 2.75) is 20.3 Å². The van der Waals surface area contributed by atoms with Crippen molar-refractivity contribution in [3.05, 3.63) is 11.6 Å². The largest absolute Gasteiger partial charge is 0.328 e. The summed E-state index contributed by atoms with van der Waals surface area (Å²) in [6.45, 7) is 4.68. The average molecular weight is 174 g/mol. The summed E-state index contributed by atoms with van der Waals surface area (Å²) >= 11 is 0. The predicted molar refractivity (Wildman–Crippen MR) is 47.3 cm³/mol. The lowest BCUT2D eigenvalue weighted by molar-refractivity contribution is 0.317. The Bertz CT molecular complexity index is 208. The quantitative estimate of drug-likeness (QED) is 0.485. The van der Waals surface area contributed by atoms with Gasteiger partial charge >= 0.3 is 0 Å². The predicted octanol–water partition coefficient (Wildman–Crippen LogP) is 2.65. The fraction of sp³-hybridized carbons (Fsp3) is 0.750. The van der Waals surface area contributed by atoms with Crippen molar-refractivity contribution in [2.75, 3.05) is 18.9 Å². The van der Waals surface area contributed by atoms with E-state index in [2.05, 4.69) is 0 Å². The lowest BCUT2D eigenvalue weighted by Crippen LogP contribution is -1.94. The third-order valence-electron chi connectivity index (χ3n) is 1.74. The maximum absolute atomic E-state index is 11.7. The van der Waals surface area contributed by atoms with Gasteiger partial charge in [0.05, 0.1) is 6.61 Å². The molecule has 0 aliphatic carbocycles. The van der Waals surface area contributed by atoms with Gasteiger partial charge in [-0.15, -0.1) is 0 Å². The molecule has 0 spiro atoms. The summed E-state index contributed by atoms with van der Waals surface area (Å²) < 4.78 is 17.0. The van der Waals surface area contributed by atoms with Crippen LogP contribution < -0.4 is 0 Å². The molecule has 1 aliphatic heterocycles. The lowest BCUT2D eigenvalue weighted by Gasteiger charge is -2.11. The van der Waals surface area contributed by atoms with Gasteiger partial charge in [0.25, 0.3) is 0 Å². The summed E-state index contributed by atoms with van der Waals surface area (Å²) in [5.41, 5.74) is 1.21. The van der Waals surface area contributed by atoms with E-state index in [4.69, 9.17) is 4.52 Å². The second-order valence-corrected chi connectivity index (χ2v) is 5.61. The second-order valence-electron chi connectivity index (χ2n) is 3.04. The van der Waals surface area contributed by atoms with E-state index in [-0.39, 0.29) is 0 Å². The maximum atomic E-state index is 11.7. The van der Waals surface area contributed by atoms with Gasteiger partial charge < -0.3 is 4.52 Å². The standard InChI is InChI=1S/C8H15O2P/c1-3-5-10-11(9)6-4-8(2)7-11/h4H,3,5-7H2,1-2H3/t11-/m1/s1. The van der Waals surface area contributed by atoms with Crippen LogP contribution in [0.2, 0.25) is 0 Å². The molecule has 0 saturated carbocycles. The lowest BCUT2D eigenvalue weighted by atomic mass is 10.3. The van der Waals surface area contributed by atoms with E-state index in [1.54, 1.807) is 0 Å². The maximum Gasteiger partial charge on any atom is 0.210 e. The van der Waals surface area contributed by atoms with Gasteiger partial charge in [0.15, 0.2) is 0 Å². The molecule has 1 aliphatic rings. The topological polar surface area (TPSA) is 26.3 Å². The molecular weight excluding hydrogens is 159 g/mol. The van der Waals surface area contributed by atoms with E-state index in [9.17, 15) is 4.57 Å². The van der Waals surface area contributed by atoms with Crippen LogP contribution in [0.15, 0.2) is 11.6 Å². The zero-order valence-electron chi connectivity index (χ0n) is 7.17. The molecule has 2 nitrogen and oxygen atoms in total. The van der Waals surface area contributed by atoms with Crippen LogP contribution in [-0.4, -0.2) is 18.9 Å². The first-order valence-electron chi connectivity index (χ1n) is 4.04. The van der Waals surface area contributed by atoms with E-state index < -0.39 is 7.37 Å². The molecule has 0 saturated heterocycles. The van der Waals surface area contributed by atoms with Crippen LogP contribution in [0.5, 0.6) is 0 Å². The molecule has 0 unspecified atom stereocenters. The molecule has 3 heteroatoms. The Hall–Kier alpha value is -0.0700.